The van der Waals surface area contributed by atoms with Crippen molar-refractivity contribution in [2.75, 3.05) is 18.2 Å². The lowest BCUT2D eigenvalue weighted by molar-refractivity contribution is -0.142. The molecule has 1 atom stereocenters. The summed E-state index contributed by atoms with van der Waals surface area (Å²) < 4.78 is 0. The second-order valence-corrected chi connectivity index (χ2v) is 4.39. The normalized spacial score (nSPS) is 17.0. The van der Waals surface area contributed by atoms with E-state index in [-0.39, 0.29) is 5.92 Å². The first-order chi connectivity index (χ1) is 6.72. The van der Waals surface area contributed by atoms with Crippen molar-refractivity contribution in [3.63, 3.8) is 0 Å². The van der Waals surface area contributed by atoms with Crippen molar-refractivity contribution in [2.24, 2.45) is 5.92 Å². The predicted octanol–water partition coefficient (Wildman–Crippen LogP) is 2.18. The molecule has 1 unspecified atom stereocenters. The first-order valence-electron chi connectivity index (χ1n) is 5.23. The highest BCUT2D eigenvalue weighted by molar-refractivity contribution is 7.99. The van der Waals surface area contributed by atoms with Crippen LogP contribution in [0.25, 0.3) is 0 Å². The Balaban J connectivity index is 0.000000280. The average Bonchev–Trinajstić information content (AvgIpc) is 2.71. The standard InChI is InChI=1S/C7H14O2.C3H7NS/c1-3-5-6(4-2)7(8)9;1-2-5-3-4-1/h6H,3-5H2,1-2H3,(H,8,9);4H,1-3H2. The van der Waals surface area contributed by atoms with E-state index in [2.05, 4.69) is 5.32 Å². The van der Waals surface area contributed by atoms with Crippen LogP contribution in [0.4, 0.5) is 0 Å². The van der Waals surface area contributed by atoms with Gasteiger partial charge in [-0.05, 0) is 12.8 Å². The summed E-state index contributed by atoms with van der Waals surface area (Å²) in [6, 6.07) is 0. The fourth-order valence-electron chi connectivity index (χ4n) is 1.21. The predicted molar refractivity (Wildman–Crippen MR) is 61.7 cm³/mol. The van der Waals surface area contributed by atoms with Gasteiger partial charge in [-0.2, -0.15) is 0 Å². The minimum absolute atomic E-state index is 0.116. The number of carboxylic acid groups (broad SMARTS) is 1. The number of hydrogen-bond donors (Lipinski definition) is 2. The lowest BCUT2D eigenvalue weighted by atomic mass is 10.0. The van der Waals surface area contributed by atoms with Crippen molar-refractivity contribution < 1.29 is 9.90 Å². The topological polar surface area (TPSA) is 49.3 Å². The van der Waals surface area contributed by atoms with E-state index < -0.39 is 5.97 Å². The molecule has 0 aromatic rings. The lowest BCUT2D eigenvalue weighted by Gasteiger charge is -2.05. The molecule has 0 aliphatic carbocycles. The second-order valence-electron chi connectivity index (χ2n) is 3.28. The highest BCUT2D eigenvalue weighted by Gasteiger charge is 2.12. The van der Waals surface area contributed by atoms with Gasteiger partial charge < -0.3 is 10.4 Å². The molecule has 1 fully saturated rings. The van der Waals surface area contributed by atoms with E-state index in [0.29, 0.717) is 0 Å². The van der Waals surface area contributed by atoms with Gasteiger partial charge in [-0.25, -0.2) is 0 Å². The van der Waals surface area contributed by atoms with Crippen molar-refractivity contribution in [3.8, 4) is 0 Å². The molecule has 1 rings (SSSR count). The van der Waals surface area contributed by atoms with Gasteiger partial charge in [-0.15, -0.1) is 11.8 Å². The van der Waals surface area contributed by atoms with Gasteiger partial charge in [-0.3, -0.25) is 4.79 Å². The summed E-state index contributed by atoms with van der Waals surface area (Å²) in [6.07, 6.45) is 2.53. The third kappa shape index (κ3) is 7.21. The van der Waals surface area contributed by atoms with Crippen molar-refractivity contribution >= 4 is 17.7 Å². The molecule has 0 aromatic carbocycles. The number of aliphatic carboxylic acids is 1. The minimum atomic E-state index is -0.653. The molecule has 4 heteroatoms. The maximum atomic E-state index is 10.3. The highest BCUT2D eigenvalue weighted by Crippen LogP contribution is 2.09. The number of hydrogen-bond acceptors (Lipinski definition) is 3. The van der Waals surface area contributed by atoms with Crippen LogP contribution in [-0.2, 0) is 4.79 Å². The largest absolute Gasteiger partial charge is 0.481 e. The molecule has 0 radical (unpaired) electrons. The molecule has 2 N–H and O–H groups in total. The van der Waals surface area contributed by atoms with Crippen molar-refractivity contribution in [3.05, 3.63) is 0 Å². The highest BCUT2D eigenvalue weighted by atomic mass is 32.2. The molecule has 1 saturated heterocycles. The summed E-state index contributed by atoms with van der Waals surface area (Å²) in [6.45, 7) is 5.13. The fourth-order valence-corrected chi connectivity index (χ4v) is 1.93. The van der Waals surface area contributed by atoms with E-state index in [4.69, 9.17) is 5.11 Å². The van der Waals surface area contributed by atoms with Gasteiger partial charge in [0.05, 0.1) is 5.92 Å². The second kappa shape index (κ2) is 9.34. The van der Waals surface area contributed by atoms with Crippen LogP contribution in [0.2, 0.25) is 0 Å². The van der Waals surface area contributed by atoms with Gasteiger partial charge in [0, 0.05) is 18.2 Å². The quantitative estimate of drug-likeness (QED) is 0.761. The number of thioether (sulfide) groups is 1. The van der Waals surface area contributed by atoms with Gasteiger partial charge in [0.2, 0.25) is 0 Å². The zero-order chi connectivity index (χ0) is 10.8. The Labute approximate surface area is 90.7 Å². The van der Waals surface area contributed by atoms with Crippen molar-refractivity contribution in [1.29, 1.82) is 0 Å². The zero-order valence-electron chi connectivity index (χ0n) is 9.08. The molecular weight excluding hydrogens is 198 g/mol. The zero-order valence-corrected chi connectivity index (χ0v) is 9.90. The summed E-state index contributed by atoms with van der Waals surface area (Å²) in [4.78, 5) is 10.3. The summed E-state index contributed by atoms with van der Waals surface area (Å²) in [5.41, 5.74) is 0. The van der Waals surface area contributed by atoms with Gasteiger partial charge in [-0.1, -0.05) is 20.3 Å². The van der Waals surface area contributed by atoms with Crippen molar-refractivity contribution in [1.82, 2.24) is 5.32 Å². The van der Waals surface area contributed by atoms with Crippen LogP contribution in [0.15, 0.2) is 0 Å². The Morgan fingerprint density at radius 3 is 2.43 bits per heavy atom. The van der Waals surface area contributed by atoms with E-state index in [1.807, 2.05) is 25.6 Å². The molecule has 84 valence electrons. The summed E-state index contributed by atoms with van der Waals surface area (Å²) in [7, 11) is 0. The van der Waals surface area contributed by atoms with Crippen LogP contribution in [0.1, 0.15) is 33.1 Å². The van der Waals surface area contributed by atoms with E-state index >= 15 is 0 Å². The Bertz CT molecular complexity index is 141. The molecule has 0 saturated carbocycles. The molecule has 3 nitrogen and oxygen atoms in total. The maximum absolute atomic E-state index is 10.3. The third-order valence-corrected chi connectivity index (χ3v) is 3.01. The first-order valence-corrected chi connectivity index (χ1v) is 6.39. The van der Waals surface area contributed by atoms with Gasteiger partial charge in [0.15, 0.2) is 0 Å². The summed E-state index contributed by atoms with van der Waals surface area (Å²) in [5.74, 6) is 1.70. The number of rotatable bonds is 4. The van der Waals surface area contributed by atoms with Crippen LogP contribution in [0.5, 0.6) is 0 Å². The lowest BCUT2D eigenvalue weighted by Crippen LogP contribution is -2.11. The van der Waals surface area contributed by atoms with Crippen LogP contribution in [0, 0.1) is 5.92 Å². The van der Waals surface area contributed by atoms with E-state index in [9.17, 15) is 4.79 Å². The molecule has 14 heavy (non-hydrogen) atoms. The Morgan fingerprint density at radius 2 is 2.29 bits per heavy atom. The monoisotopic (exact) mass is 219 g/mol. The van der Waals surface area contributed by atoms with Crippen LogP contribution >= 0.6 is 11.8 Å². The SMILES string of the molecule is C1CSCN1.CCCC(CC)C(=O)O. The van der Waals surface area contributed by atoms with Crippen LogP contribution < -0.4 is 5.32 Å². The number of nitrogens with one attached hydrogen (secondary N) is 1. The van der Waals surface area contributed by atoms with Gasteiger partial charge in [0.1, 0.15) is 0 Å². The molecule has 0 spiro atoms. The van der Waals surface area contributed by atoms with E-state index in [1.165, 1.54) is 18.2 Å². The summed E-state index contributed by atoms with van der Waals surface area (Å²) in [5, 5.41) is 11.7. The average molecular weight is 219 g/mol. The summed E-state index contributed by atoms with van der Waals surface area (Å²) >= 11 is 1.96. The third-order valence-electron chi connectivity index (χ3n) is 2.11. The Hall–Kier alpha value is -0.220. The number of carbonyl (C=O) groups is 1. The number of carboxylic acids is 1. The molecule has 0 amide bonds. The van der Waals surface area contributed by atoms with Gasteiger partial charge in [0.25, 0.3) is 0 Å². The van der Waals surface area contributed by atoms with Gasteiger partial charge >= 0.3 is 5.97 Å². The molecule has 0 aromatic heterocycles. The van der Waals surface area contributed by atoms with E-state index in [0.717, 1.165) is 19.3 Å². The van der Waals surface area contributed by atoms with E-state index in [1.54, 1.807) is 0 Å². The van der Waals surface area contributed by atoms with Crippen molar-refractivity contribution in [2.45, 2.75) is 33.1 Å². The van der Waals surface area contributed by atoms with Crippen LogP contribution in [-0.4, -0.2) is 29.3 Å². The Morgan fingerprint density at radius 1 is 1.57 bits per heavy atom. The fraction of sp³-hybridized carbons (Fsp3) is 0.900. The maximum Gasteiger partial charge on any atom is 0.306 e. The molecule has 1 aliphatic rings. The first kappa shape index (κ1) is 13.8. The smallest absolute Gasteiger partial charge is 0.306 e. The van der Waals surface area contributed by atoms with Crippen LogP contribution in [0.3, 0.4) is 0 Å². The molecule has 1 aliphatic heterocycles. The molecule has 0 bridgehead atoms. The minimum Gasteiger partial charge on any atom is -0.481 e. The Kier molecular flexibility index (Phi) is 9.19. The molecular formula is C10H21NO2S. The molecule has 1 heterocycles.